The normalized spacial score (nSPS) is 24.1. The lowest BCUT2D eigenvalue weighted by molar-refractivity contribution is -0.142. The topological polar surface area (TPSA) is 29.5 Å². The lowest BCUT2D eigenvalue weighted by atomic mass is 10.1. The van der Waals surface area contributed by atoms with Crippen LogP contribution >= 0.6 is 12.6 Å². The van der Waals surface area contributed by atoms with Crippen LogP contribution in [0.25, 0.3) is 0 Å². The highest BCUT2D eigenvalue weighted by Crippen LogP contribution is 2.14. The summed E-state index contributed by atoms with van der Waals surface area (Å²) in [6.07, 6.45) is 0.697. The van der Waals surface area contributed by atoms with Gasteiger partial charge in [-0.25, -0.2) is 0 Å². The Morgan fingerprint density at radius 3 is 2.39 bits per heavy atom. The van der Waals surface area contributed by atoms with Crippen LogP contribution in [0, 0.1) is 0 Å². The van der Waals surface area contributed by atoms with Crippen molar-refractivity contribution in [2.45, 2.75) is 37.4 Å². The van der Waals surface area contributed by atoms with Crippen LogP contribution in [0.3, 0.4) is 0 Å². The summed E-state index contributed by atoms with van der Waals surface area (Å²) in [5.41, 5.74) is 1.03. The SMILES string of the molecule is C[C@@H]1CN(C(=O)Cc2ccc(S)cc2)C[C@H](C)O1. The number of morpholine rings is 1. The maximum Gasteiger partial charge on any atom is 0.227 e. The van der Waals surface area contributed by atoms with Gasteiger partial charge in [-0.1, -0.05) is 12.1 Å². The van der Waals surface area contributed by atoms with Gasteiger partial charge in [0.25, 0.3) is 0 Å². The van der Waals surface area contributed by atoms with E-state index in [1.54, 1.807) is 0 Å². The van der Waals surface area contributed by atoms with E-state index in [9.17, 15) is 4.79 Å². The molecule has 1 saturated heterocycles. The van der Waals surface area contributed by atoms with E-state index in [0.717, 1.165) is 10.5 Å². The van der Waals surface area contributed by atoms with Gasteiger partial charge in [0.2, 0.25) is 5.91 Å². The Bertz CT molecular complexity index is 408. The third-order valence-electron chi connectivity index (χ3n) is 3.06. The molecule has 1 amide bonds. The quantitative estimate of drug-likeness (QED) is 0.830. The van der Waals surface area contributed by atoms with Crippen molar-refractivity contribution in [2.24, 2.45) is 0 Å². The molecule has 1 aliphatic heterocycles. The molecule has 1 heterocycles. The molecule has 0 aromatic heterocycles. The number of rotatable bonds is 2. The van der Waals surface area contributed by atoms with E-state index >= 15 is 0 Å². The summed E-state index contributed by atoms with van der Waals surface area (Å²) in [5, 5.41) is 0. The van der Waals surface area contributed by atoms with E-state index in [1.165, 1.54) is 0 Å². The van der Waals surface area contributed by atoms with Gasteiger partial charge in [0.05, 0.1) is 18.6 Å². The highest BCUT2D eigenvalue weighted by molar-refractivity contribution is 7.80. The molecule has 2 rings (SSSR count). The monoisotopic (exact) mass is 265 g/mol. The molecule has 0 bridgehead atoms. The predicted molar refractivity (Wildman–Crippen MR) is 74.0 cm³/mol. The minimum Gasteiger partial charge on any atom is -0.372 e. The number of hydrogen-bond acceptors (Lipinski definition) is 3. The summed E-state index contributed by atoms with van der Waals surface area (Å²) in [6, 6.07) is 7.73. The standard InChI is InChI=1S/C14H19NO2S/c1-10-8-15(9-11(2)17-10)14(16)7-12-3-5-13(18)6-4-12/h3-6,10-11,18H,7-9H2,1-2H3/t10-,11+. The molecule has 1 aliphatic rings. The average Bonchev–Trinajstić information content (AvgIpc) is 2.31. The van der Waals surface area contributed by atoms with Crippen molar-refractivity contribution in [2.75, 3.05) is 13.1 Å². The summed E-state index contributed by atoms with van der Waals surface area (Å²) in [7, 11) is 0. The Hall–Kier alpha value is -1.00. The minimum absolute atomic E-state index is 0.123. The Morgan fingerprint density at radius 1 is 1.28 bits per heavy atom. The summed E-state index contributed by atoms with van der Waals surface area (Å²) >= 11 is 4.24. The van der Waals surface area contributed by atoms with Crippen LogP contribution in [0.4, 0.5) is 0 Å². The Kier molecular flexibility index (Phi) is 4.30. The fourth-order valence-corrected chi connectivity index (χ4v) is 2.43. The van der Waals surface area contributed by atoms with Crippen LogP contribution in [0.2, 0.25) is 0 Å². The van der Waals surface area contributed by atoms with Gasteiger partial charge in [-0.15, -0.1) is 12.6 Å². The molecule has 1 fully saturated rings. The zero-order valence-electron chi connectivity index (χ0n) is 10.8. The molecule has 0 unspecified atom stereocenters. The van der Waals surface area contributed by atoms with Gasteiger partial charge < -0.3 is 9.64 Å². The first-order chi connectivity index (χ1) is 8.54. The summed E-state index contributed by atoms with van der Waals surface area (Å²) < 4.78 is 5.63. The molecule has 4 heteroatoms. The highest BCUT2D eigenvalue weighted by Gasteiger charge is 2.25. The van der Waals surface area contributed by atoms with Crippen LogP contribution in [-0.2, 0) is 16.0 Å². The first-order valence-corrected chi connectivity index (χ1v) is 6.70. The molecule has 98 valence electrons. The first kappa shape index (κ1) is 13.4. The van der Waals surface area contributed by atoms with Crippen molar-refractivity contribution >= 4 is 18.5 Å². The molecule has 0 saturated carbocycles. The number of amides is 1. The highest BCUT2D eigenvalue weighted by atomic mass is 32.1. The number of benzene rings is 1. The summed E-state index contributed by atoms with van der Waals surface area (Å²) in [5.74, 6) is 0.170. The molecule has 1 aromatic rings. The third-order valence-corrected chi connectivity index (χ3v) is 3.36. The van der Waals surface area contributed by atoms with Crippen molar-refractivity contribution < 1.29 is 9.53 Å². The molecular weight excluding hydrogens is 246 g/mol. The number of thiol groups is 1. The lowest BCUT2D eigenvalue weighted by Gasteiger charge is -2.35. The van der Waals surface area contributed by atoms with E-state index in [0.29, 0.717) is 19.5 Å². The molecule has 1 aromatic carbocycles. The Labute approximate surface area is 114 Å². The second-order valence-electron chi connectivity index (χ2n) is 4.90. The van der Waals surface area contributed by atoms with Crippen molar-refractivity contribution in [3.8, 4) is 0 Å². The van der Waals surface area contributed by atoms with Gasteiger partial charge in [-0.05, 0) is 31.5 Å². The summed E-state index contributed by atoms with van der Waals surface area (Å²) in [4.78, 5) is 15.0. The van der Waals surface area contributed by atoms with Crippen molar-refractivity contribution in [1.82, 2.24) is 4.90 Å². The average molecular weight is 265 g/mol. The Balaban J connectivity index is 1.97. The largest absolute Gasteiger partial charge is 0.372 e. The van der Waals surface area contributed by atoms with Crippen molar-refractivity contribution in [3.05, 3.63) is 29.8 Å². The third kappa shape index (κ3) is 3.50. The van der Waals surface area contributed by atoms with Crippen molar-refractivity contribution in [1.29, 1.82) is 0 Å². The molecule has 0 N–H and O–H groups in total. The molecule has 0 spiro atoms. The fraction of sp³-hybridized carbons (Fsp3) is 0.500. The van der Waals surface area contributed by atoms with Crippen LogP contribution in [0.1, 0.15) is 19.4 Å². The number of hydrogen-bond donors (Lipinski definition) is 1. The van der Waals surface area contributed by atoms with Crippen LogP contribution in [-0.4, -0.2) is 36.1 Å². The molecule has 2 atom stereocenters. The van der Waals surface area contributed by atoms with Gasteiger partial charge in [0.15, 0.2) is 0 Å². The maximum atomic E-state index is 12.2. The molecule has 0 radical (unpaired) electrons. The number of carbonyl (C=O) groups excluding carboxylic acids is 1. The van der Waals surface area contributed by atoms with Crippen LogP contribution in [0.5, 0.6) is 0 Å². The van der Waals surface area contributed by atoms with Crippen molar-refractivity contribution in [3.63, 3.8) is 0 Å². The van der Waals surface area contributed by atoms with E-state index < -0.39 is 0 Å². The molecular formula is C14H19NO2S. The van der Waals surface area contributed by atoms with E-state index in [2.05, 4.69) is 12.6 Å². The van der Waals surface area contributed by atoms with Crippen LogP contribution in [0.15, 0.2) is 29.2 Å². The van der Waals surface area contributed by atoms with Crippen LogP contribution < -0.4 is 0 Å². The molecule has 3 nitrogen and oxygen atoms in total. The van der Waals surface area contributed by atoms with E-state index in [4.69, 9.17) is 4.74 Å². The molecule has 0 aliphatic carbocycles. The number of carbonyl (C=O) groups is 1. The van der Waals surface area contributed by atoms with Gasteiger partial charge in [0, 0.05) is 18.0 Å². The van der Waals surface area contributed by atoms with Gasteiger partial charge >= 0.3 is 0 Å². The minimum atomic E-state index is 0.123. The zero-order chi connectivity index (χ0) is 13.1. The Morgan fingerprint density at radius 2 is 1.83 bits per heavy atom. The van der Waals surface area contributed by atoms with Gasteiger partial charge in [-0.2, -0.15) is 0 Å². The second-order valence-corrected chi connectivity index (χ2v) is 5.42. The zero-order valence-corrected chi connectivity index (χ0v) is 11.7. The fourth-order valence-electron chi connectivity index (χ4n) is 2.28. The van der Waals surface area contributed by atoms with E-state index in [1.807, 2.05) is 43.0 Å². The maximum absolute atomic E-state index is 12.2. The number of nitrogens with zero attached hydrogens (tertiary/aromatic N) is 1. The lowest BCUT2D eigenvalue weighted by Crippen LogP contribution is -2.48. The molecule has 18 heavy (non-hydrogen) atoms. The second kappa shape index (κ2) is 5.76. The van der Waals surface area contributed by atoms with Gasteiger partial charge in [-0.3, -0.25) is 4.79 Å². The predicted octanol–water partition coefficient (Wildman–Crippen LogP) is 2.15. The summed E-state index contributed by atoms with van der Waals surface area (Å²) in [6.45, 7) is 5.39. The first-order valence-electron chi connectivity index (χ1n) is 6.25. The smallest absolute Gasteiger partial charge is 0.227 e. The number of ether oxygens (including phenoxy) is 1. The van der Waals surface area contributed by atoms with Gasteiger partial charge in [0.1, 0.15) is 0 Å². The van der Waals surface area contributed by atoms with E-state index in [-0.39, 0.29) is 18.1 Å².